The summed E-state index contributed by atoms with van der Waals surface area (Å²) in [4.78, 5) is 1.00. The Bertz CT molecular complexity index is 387. The van der Waals surface area contributed by atoms with E-state index in [4.69, 9.17) is 10.8 Å². The quantitative estimate of drug-likeness (QED) is 0.618. The number of aliphatic hydroxyl groups excluding tert-OH is 1. The molecular weight excluding hydrogens is 240 g/mol. The van der Waals surface area contributed by atoms with E-state index in [2.05, 4.69) is 0 Å². The van der Waals surface area contributed by atoms with Gasteiger partial charge in [0.1, 0.15) is 0 Å². The zero-order valence-corrected chi connectivity index (χ0v) is 8.84. The third-order valence-corrected chi connectivity index (χ3v) is 2.14. The summed E-state index contributed by atoms with van der Waals surface area (Å²) in [6, 6.07) is 1.46. The SMILES string of the molecule is Nc1cc(F)c(F)cc1N(CCO)CC(F)F. The van der Waals surface area contributed by atoms with Crippen LogP contribution in [0.15, 0.2) is 12.1 Å². The summed E-state index contributed by atoms with van der Waals surface area (Å²) in [5.41, 5.74) is 5.21. The summed E-state index contributed by atoms with van der Waals surface area (Å²) in [7, 11) is 0. The van der Waals surface area contributed by atoms with Crippen molar-refractivity contribution in [3.8, 4) is 0 Å². The molecule has 1 aromatic rings. The molecule has 0 aromatic heterocycles. The van der Waals surface area contributed by atoms with Crippen LogP contribution in [-0.4, -0.2) is 31.2 Å². The molecule has 3 nitrogen and oxygen atoms in total. The molecule has 0 amide bonds. The molecule has 7 heteroatoms. The van der Waals surface area contributed by atoms with E-state index in [1.165, 1.54) is 0 Å². The summed E-state index contributed by atoms with van der Waals surface area (Å²) in [5.74, 6) is -2.32. The molecule has 0 aliphatic rings. The van der Waals surface area contributed by atoms with Gasteiger partial charge >= 0.3 is 0 Å². The first-order valence-corrected chi connectivity index (χ1v) is 4.84. The second-order valence-corrected chi connectivity index (χ2v) is 3.39. The van der Waals surface area contributed by atoms with Gasteiger partial charge in [0.15, 0.2) is 11.6 Å². The molecule has 0 atom stereocenters. The molecule has 0 saturated carbocycles. The zero-order chi connectivity index (χ0) is 13.0. The largest absolute Gasteiger partial charge is 0.397 e. The zero-order valence-electron chi connectivity index (χ0n) is 8.84. The summed E-state index contributed by atoms with van der Waals surface area (Å²) in [6.07, 6.45) is -2.67. The van der Waals surface area contributed by atoms with Gasteiger partial charge in [-0.2, -0.15) is 0 Å². The van der Waals surface area contributed by atoms with Crippen molar-refractivity contribution in [1.82, 2.24) is 0 Å². The maximum absolute atomic E-state index is 13.0. The molecule has 0 aliphatic heterocycles. The van der Waals surface area contributed by atoms with Crippen molar-refractivity contribution >= 4 is 11.4 Å². The Balaban J connectivity index is 3.04. The molecule has 0 fully saturated rings. The molecule has 0 heterocycles. The Labute approximate surface area is 95.4 Å². The fourth-order valence-electron chi connectivity index (χ4n) is 1.42. The minimum absolute atomic E-state index is 0.0572. The van der Waals surface area contributed by atoms with Crippen LogP contribution < -0.4 is 10.6 Å². The molecule has 96 valence electrons. The van der Waals surface area contributed by atoms with Crippen LogP contribution in [0.3, 0.4) is 0 Å². The third-order valence-electron chi connectivity index (χ3n) is 2.14. The summed E-state index contributed by atoms with van der Waals surface area (Å²) in [5, 5.41) is 8.73. The number of anilines is 2. The van der Waals surface area contributed by atoms with Gasteiger partial charge in [-0.25, -0.2) is 17.6 Å². The van der Waals surface area contributed by atoms with Crippen molar-refractivity contribution in [3.63, 3.8) is 0 Å². The molecule has 0 saturated heterocycles. The smallest absolute Gasteiger partial charge is 0.255 e. The minimum atomic E-state index is -2.67. The second kappa shape index (κ2) is 5.72. The Morgan fingerprint density at radius 2 is 1.82 bits per heavy atom. The maximum atomic E-state index is 13.0. The molecule has 0 aliphatic carbocycles. The Morgan fingerprint density at radius 3 is 2.35 bits per heavy atom. The van der Waals surface area contributed by atoms with Gasteiger partial charge in [-0.1, -0.05) is 0 Å². The number of hydrogen-bond acceptors (Lipinski definition) is 3. The van der Waals surface area contributed by atoms with Crippen LogP contribution in [0.5, 0.6) is 0 Å². The van der Waals surface area contributed by atoms with Gasteiger partial charge in [0.2, 0.25) is 0 Å². The predicted molar refractivity (Wildman–Crippen MR) is 56.1 cm³/mol. The van der Waals surface area contributed by atoms with Crippen LogP contribution in [0.2, 0.25) is 0 Å². The molecule has 1 aromatic carbocycles. The first-order valence-electron chi connectivity index (χ1n) is 4.84. The molecule has 17 heavy (non-hydrogen) atoms. The van der Waals surface area contributed by atoms with Crippen molar-refractivity contribution in [3.05, 3.63) is 23.8 Å². The second-order valence-electron chi connectivity index (χ2n) is 3.39. The summed E-state index contributed by atoms with van der Waals surface area (Å²) >= 11 is 0. The first-order chi connectivity index (χ1) is 7.95. The molecule has 0 radical (unpaired) electrons. The standard InChI is InChI=1S/C10H12F4N2O/c11-6-3-8(15)9(4-7(6)12)16(1-2-17)5-10(13)14/h3-4,10,17H,1-2,5,15H2. The molecule has 0 unspecified atom stereocenters. The third kappa shape index (κ3) is 3.48. The highest BCUT2D eigenvalue weighted by Gasteiger charge is 2.17. The highest BCUT2D eigenvalue weighted by Crippen LogP contribution is 2.26. The van der Waals surface area contributed by atoms with Gasteiger partial charge in [-0.15, -0.1) is 0 Å². The van der Waals surface area contributed by atoms with Crippen molar-refractivity contribution in [2.45, 2.75) is 6.43 Å². The van der Waals surface area contributed by atoms with Crippen LogP contribution >= 0.6 is 0 Å². The van der Waals surface area contributed by atoms with Gasteiger partial charge in [0.25, 0.3) is 6.43 Å². The lowest BCUT2D eigenvalue weighted by atomic mass is 10.2. The average molecular weight is 252 g/mol. The van der Waals surface area contributed by atoms with Crippen molar-refractivity contribution in [2.75, 3.05) is 30.3 Å². The number of alkyl halides is 2. The van der Waals surface area contributed by atoms with Crippen molar-refractivity contribution < 1.29 is 22.7 Å². The van der Waals surface area contributed by atoms with E-state index < -0.39 is 31.2 Å². The van der Waals surface area contributed by atoms with E-state index in [9.17, 15) is 17.6 Å². The number of nitrogens with two attached hydrogens (primary N) is 1. The fraction of sp³-hybridized carbons (Fsp3) is 0.400. The van der Waals surface area contributed by atoms with E-state index in [1.807, 2.05) is 0 Å². The average Bonchev–Trinajstić information content (AvgIpc) is 2.22. The fourth-order valence-corrected chi connectivity index (χ4v) is 1.42. The maximum Gasteiger partial charge on any atom is 0.255 e. The lowest BCUT2D eigenvalue weighted by Gasteiger charge is -2.25. The summed E-state index contributed by atoms with van der Waals surface area (Å²) < 4.78 is 50.3. The molecule has 0 bridgehead atoms. The van der Waals surface area contributed by atoms with E-state index >= 15 is 0 Å². The number of benzene rings is 1. The number of nitrogens with zero attached hydrogens (tertiary/aromatic N) is 1. The number of nitrogen functional groups attached to an aromatic ring is 1. The van der Waals surface area contributed by atoms with Gasteiger partial charge in [-0.3, -0.25) is 0 Å². The minimum Gasteiger partial charge on any atom is -0.397 e. The topological polar surface area (TPSA) is 49.5 Å². The van der Waals surface area contributed by atoms with Crippen LogP contribution in [0, 0.1) is 11.6 Å². The lowest BCUT2D eigenvalue weighted by molar-refractivity contribution is 0.153. The van der Waals surface area contributed by atoms with E-state index in [0.717, 1.165) is 17.0 Å². The van der Waals surface area contributed by atoms with Crippen LogP contribution in [0.25, 0.3) is 0 Å². The number of hydrogen-bond donors (Lipinski definition) is 2. The first kappa shape index (κ1) is 13.6. The Kier molecular flexibility index (Phi) is 4.56. The van der Waals surface area contributed by atoms with E-state index in [-0.39, 0.29) is 17.9 Å². The lowest BCUT2D eigenvalue weighted by Crippen LogP contribution is -2.32. The Morgan fingerprint density at radius 1 is 1.24 bits per heavy atom. The van der Waals surface area contributed by atoms with Gasteiger partial charge in [0.05, 0.1) is 24.5 Å². The van der Waals surface area contributed by atoms with Crippen LogP contribution in [0.4, 0.5) is 28.9 Å². The van der Waals surface area contributed by atoms with E-state index in [1.54, 1.807) is 0 Å². The highest BCUT2D eigenvalue weighted by atomic mass is 19.3. The summed E-state index contributed by atoms with van der Waals surface area (Å²) in [6.45, 7) is -1.25. The molecule has 1 rings (SSSR count). The number of halogens is 4. The van der Waals surface area contributed by atoms with Gasteiger partial charge < -0.3 is 15.7 Å². The highest BCUT2D eigenvalue weighted by molar-refractivity contribution is 5.67. The normalized spacial score (nSPS) is 10.9. The van der Waals surface area contributed by atoms with Crippen molar-refractivity contribution in [2.24, 2.45) is 0 Å². The van der Waals surface area contributed by atoms with Crippen LogP contribution in [-0.2, 0) is 0 Å². The molecule has 3 N–H and O–H groups in total. The molecular formula is C10H12F4N2O. The van der Waals surface area contributed by atoms with Gasteiger partial charge in [0, 0.05) is 18.7 Å². The monoisotopic (exact) mass is 252 g/mol. The number of rotatable bonds is 5. The van der Waals surface area contributed by atoms with Gasteiger partial charge in [-0.05, 0) is 0 Å². The molecule has 0 spiro atoms. The van der Waals surface area contributed by atoms with Crippen molar-refractivity contribution in [1.29, 1.82) is 0 Å². The Hall–Kier alpha value is -1.50. The number of aliphatic hydroxyl groups is 1. The predicted octanol–water partition coefficient (Wildman–Crippen LogP) is 1.61. The van der Waals surface area contributed by atoms with Crippen LogP contribution in [0.1, 0.15) is 0 Å². The van der Waals surface area contributed by atoms with E-state index in [0.29, 0.717) is 0 Å².